The van der Waals surface area contributed by atoms with Gasteiger partial charge < -0.3 is 25.2 Å². The average Bonchev–Trinajstić information content (AvgIpc) is 2.37. The maximum Gasteiger partial charge on any atom is 0.0900 e. The van der Waals surface area contributed by atoms with E-state index in [-0.39, 0.29) is 6.10 Å². The number of ether oxygens (including phenoxy) is 2. The lowest BCUT2D eigenvalue weighted by atomic mass is 9.91. The Bertz CT molecular complexity index is 233. The van der Waals surface area contributed by atoms with Gasteiger partial charge in [0.05, 0.1) is 25.4 Å². The van der Waals surface area contributed by atoms with Crippen LogP contribution >= 0.6 is 0 Å². The molecule has 3 N–H and O–H groups in total. The van der Waals surface area contributed by atoms with Crippen LogP contribution in [0.4, 0.5) is 0 Å². The molecule has 0 aliphatic heterocycles. The van der Waals surface area contributed by atoms with Gasteiger partial charge in [-0.3, -0.25) is 0 Å². The first-order valence-electron chi connectivity index (χ1n) is 7.27. The Morgan fingerprint density at radius 1 is 1.26 bits per heavy atom. The van der Waals surface area contributed by atoms with Gasteiger partial charge in [0.25, 0.3) is 0 Å². The van der Waals surface area contributed by atoms with Gasteiger partial charge in [-0.05, 0) is 39.7 Å². The van der Waals surface area contributed by atoms with Crippen molar-refractivity contribution >= 4 is 0 Å². The van der Waals surface area contributed by atoms with Crippen molar-refractivity contribution in [3.63, 3.8) is 0 Å². The van der Waals surface area contributed by atoms with Crippen molar-refractivity contribution in [2.45, 2.75) is 56.9 Å². The quantitative estimate of drug-likeness (QED) is 0.678. The molecule has 2 unspecified atom stereocenters. The summed E-state index contributed by atoms with van der Waals surface area (Å²) in [5.41, 5.74) is 5.91. The fraction of sp³-hybridized carbons (Fsp3) is 1.00. The van der Waals surface area contributed by atoms with Crippen molar-refractivity contribution in [1.82, 2.24) is 4.90 Å². The zero-order valence-corrected chi connectivity index (χ0v) is 12.5. The molecule has 1 saturated carbocycles. The molecule has 5 nitrogen and oxygen atoms in total. The summed E-state index contributed by atoms with van der Waals surface area (Å²) < 4.78 is 10.5. The number of nitrogens with zero attached hydrogens (tertiary/aromatic N) is 1. The van der Waals surface area contributed by atoms with Crippen LogP contribution in [0.15, 0.2) is 0 Å². The number of nitrogens with two attached hydrogens (primary N) is 1. The minimum absolute atomic E-state index is 0.0256. The Morgan fingerprint density at radius 3 is 2.47 bits per heavy atom. The number of aliphatic hydroxyl groups excluding tert-OH is 1. The minimum Gasteiger partial charge on any atom is -0.389 e. The number of likely N-dealkylation sites (N-methyl/N-ethyl adjacent to an activating group) is 1. The number of rotatable bonds is 8. The van der Waals surface area contributed by atoms with Crippen LogP contribution in [0.5, 0.6) is 0 Å². The molecule has 5 heteroatoms. The molecular formula is C14H30N2O3. The average molecular weight is 274 g/mol. The lowest BCUT2D eigenvalue weighted by Crippen LogP contribution is -2.43. The van der Waals surface area contributed by atoms with Gasteiger partial charge in [0.1, 0.15) is 0 Å². The van der Waals surface area contributed by atoms with Gasteiger partial charge in [-0.2, -0.15) is 0 Å². The van der Waals surface area contributed by atoms with Crippen LogP contribution in [0.25, 0.3) is 0 Å². The van der Waals surface area contributed by atoms with Crippen LogP contribution < -0.4 is 5.73 Å². The molecule has 1 fully saturated rings. The Labute approximate surface area is 117 Å². The van der Waals surface area contributed by atoms with Crippen LogP contribution in [-0.4, -0.2) is 68.2 Å². The van der Waals surface area contributed by atoms with Crippen LogP contribution in [0, 0.1) is 0 Å². The highest BCUT2D eigenvalue weighted by molar-refractivity contribution is 4.80. The minimum atomic E-state index is -0.445. The number of aliphatic hydroxyl groups is 1. The first-order valence-corrected chi connectivity index (χ1v) is 7.27. The Hall–Kier alpha value is -0.200. The molecule has 0 aromatic heterocycles. The highest BCUT2D eigenvalue weighted by Crippen LogP contribution is 2.21. The van der Waals surface area contributed by atoms with Gasteiger partial charge in [-0.1, -0.05) is 0 Å². The Kier molecular flexibility index (Phi) is 7.87. The van der Waals surface area contributed by atoms with Crippen molar-refractivity contribution in [2.75, 3.05) is 33.9 Å². The second kappa shape index (κ2) is 8.87. The summed E-state index contributed by atoms with van der Waals surface area (Å²) in [6.07, 6.45) is 4.02. The molecule has 0 aromatic carbocycles. The van der Waals surface area contributed by atoms with E-state index in [2.05, 4.69) is 11.9 Å². The molecule has 0 saturated heterocycles. The third kappa shape index (κ3) is 6.68. The summed E-state index contributed by atoms with van der Waals surface area (Å²) in [6.45, 7) is 3.52. The fourth-order valence-electron chi connectivity index (χ4n) is 2.63. The molecule has 2 atom stereocenters. The normalized spacial score (nSPS) is 27.5. The fourth-order valence-corrected chi connectivity index (χ4v) is 2.63. The highest BCUT2D eigenvalue weighted by Gasteiger charge is 2.23. The molecule has 19 heavy (non-hydrogen) atoms. The topological polar surface area (TPSA) is 68.0 Å². The summed E-state index contributed by atoms with van der Waals surface area (Å²) in [4.78, 5) is 2.24. The Morgan fingerprint density at radius 2 is 1.89 bits per heavy atom. The molecule has 0 radical (unpaired) electrons. The van der Waals surface area contributed by atoms with Gasteiger partial charge in [0.2, 0.25) is 0 Å². The maximum absolute atomic E-state index is 9.99. The van der Waals surface area contributed by atoms with Crippen LogP contribution in [-0.2, 0) is 9.47 Å². The summed E-state index contributed by atoms with van der Waals surface area (Å²) in [5.74, 6) is 0. The lowest BCUT2D eigenvalue weighted by Gasteiger charge is -2.34. The van der Waals surface area contributed by atoms with Crippen molar-refractivity contribution in [3.8, 4) is 0 Å². The molecule has 0 bridgehead atoms. The Balaban J connectivity index is 2.18. The van der Waals surface area contributed by atoms with Crippen molar-refractivity contribution in [1.29, 1.82) is 0 Å². The second-order valence-corrected chi connectivity index (χ2v) is 5.76. The van der Waals surface area contributed by atoms with E-state index in [0.717, 1.165) is 25.7 Å². The lowest BCUT2D eigenvalue weighted by molar-refractivity contribution is -0.0417. The predicted octanol–water partition coefficient (Wildman–Crippen LogP) is 0.601. The molecular weight excluding hydrogens is 244 g/mol. The summed E-state index contributed by atoms with van der Waals surface area (Å²) in [6, 6.07) is 0.915. The van der Waals surface area contributed by atoms with E-state index in [0.29, 0.717) is 31.8 Å². The monoisotopic (exact) mass is 274 g/mol. The van der Waals surface area contributed by atoms with Crippen LogP contribution in [0.3, 0.4) is 0 Å². The molecule has 0 amide bonds. The summed E-state index contributed by atoms with van der Waals surface area (Å²) >= 11 is 0. The second-order valence-electron chi connectivity index (χ2n) is 5.76. The standard InChI is InChI=1S/C14H30N2O3/c1-11(9-18-3)19-10-14(17)8-16(2)13-6-4-12(15)5-7-13/h11-14,17H,4-10,15H2,1-3H3. The molecule has 1 aliphatic carbocycles. The molecule has 1 aliphatic rings. The van der Waals surface area contributed by atoms with E-state index in [1.54, 1.807) is 7.11 Å². The summed E-state index contributed by atoms with van der Waals surface area (Å²) in [5, 5.41) is 9.99. The van der Waals surface area contributed by atoms with Gasteiger partial charge in [0.15, 0.2) is 0 Å². The summed E-state index contributed by atoms with van der Waals surface area (Å²) in [7, 11) is 3.72. The van der Waals surface area contributed by atoms with E-state index < -0.39 is 6.10 Å². The SMILES string of the molecule is COCC(C)OCC(O)CN(C)C1CCC(N)CC1. The van der Waals surface area contributed by atoms with Gasteiger partial charge >= 0.3 is 0 Å². The zero-order valence-electron chi connectivity index (χ0n) is 12.5. The van der Waals surface area contributed by atoms with Crippen LogP contribution in [0.2, 0.25) is 0 Å². The van der Waals surface area contributed by atoms with Crippen molar-refractivity contribution < 1.29 is 14.6 Å². The number of hydrogen-bond acceptors (Lipinski definition) is 5. The smallest absolute Gasteiger partial charge is 0.0900 e. The van der Waals surface area contributed by atoms with E-state index in [9.17, 15) is 5.11 Å². The molecule has 0 spiro atoms. The third-order valence-electron chi connectivity index (χ3n) is 3.84. The zero-order chi connectivity index (χ0) is 14.3. The molecule has 114 valence electrons. The van der Waals surface area contributed by atoms with Crippen LogP contribution in [0.1, 0.15) is 32.6 Å². The van der Waals surface area contributed by atoms with E-state index >= 15 is 0 Å². The first-order chi connectivity index (χ1) is 9.02. The van der Waals surface area contributed by atoms with E-state index in [4.69, 9.17) is 15.2 Å². The highest BCUT2D eigenvalue weighted by atomic mass is 16.5. The molecule has 0 heterocycles. The first kappa shape index (κ1) is 16.9. The maximum atomic E-state index is 9.99. The van der Waals surface area contributed by atoms with Gasteiger partial charge in [-0.15, -0.1) is 0 Å². The molecule has 1 rings (SSSR count). The predicted molar refractivity (Wildman–Crippen MR) is 76.2 cm³/mol. The number of hydrogen-bond donors (Lipinski definition) is 2. The van der Waals surface area contributed by atoms with Crippen molar-refractivity contribution in [2.24, 2.45) is 5.73 Å². The third-order valence-corrected chi connectivity index (χ3v) is 3.84. The largest absolute Gasteiger partial charge is 0.389 e. The number of methoxy groups -OCH3 is 1. The van der Waals surface area contributed by atoms with Gasteiger partial charge in [0, 0.05) is 25.7 Å². The van der Waals surface area contributed by atoms with Gasteiger partial charge in [-0.25, -0.2) is 0 Å². The van der Waals surface area contributed by atoms with E-state index in [1.807, 2.05) is 6.92 Å². The van der Waals surface area contributed by atoms with Crippen molar-refractivity contribution in [3.05, 3.63) is 0 Å². The van der Waals surface area contributed by atoms with E-state index in [1.165, 1.54) is 0 Å². The molecule has 0 aromatic rings.